The van der Waals surface area contributed by atoms with E-state index in [4.69, 9.17) is 10.7 Å². The molecule has 2 heterocycles. The van der Waals surface area contributed by atoms with Gasteiger partial charge in [0.2, 0.25) is 5.91 Å². The predicted molar refractivity (Wildman–Crippen MR) is 110 cm³/mol. The minimum absolute atomic E-state index is 0.347. The molecule has 0 spiro atoms. The fraction of sp³-hybridized carbons (Fsp3) is 0.333. The van der Waals surface area contributed by atoms with Gasteiger partial charge in [-0.3, -0.25) is 14.6 Å². The molecule has 0 unspecified atom stereocenters. The van der Waals surface area contributed by atoms with Crippen molar-refractivity contribution in [1.82, 2.24) is 14.8 Å². The smallest absolute Gasteiger partial charge is 0.248 e. The molecule has 6 heteroatoms. The van der Waals surface area contributed by atoms with Crippen LogP contribution < -0.4 is 5.73 Å². The zero-order valence-corrected chi connectivity index (χ0v) is 16.3. The van der Waals surface area contributed by atoms with Gasteiger partial charge in [-0.15, -0.1) is 11.3 Å². The van der Waals surface area contributed by atoms with Gasteiger partial charge in [0.05, 0.1) is 16.3 Å². The number of hydrogen-bond acceptors (Lipinski definition) is 5. The van der Waals surface area contributed by atoms with Crippen LogP contribution >= 0.6 is 11.3 Å². The Balaban J connectivity index is 1.34. The highest BCUT2D eigenvalue weighted by atomic mass is 32.1. The fourth-order valence-electron chi connectivity index (χ4n) is 3.57. The van der Waals surface area contributed by atoms with E-state index in [1.165, 1.54) is 15.3 Å². The molecule has 1 aromatic heterocycles. The quantitative estimate of drug-likeness (QED) is 0.738. The molecule has 1 fully saturated rings. The van der Waals surface area contributed by atoms with E-state index in [1.807, 2.05) is 30.3 Å². The van der Waals surface area contributed by atoms with Crippen molar-refractivity contribution in [2.75, 3.05) is 26.2 Å². The van der Waals surface area contributed by atoms with Crippen molar-refractivity contribution >= 4 is 27.5 Å². The van der Waals surface area contributed by atoms with Crippen LogP contribution in [0.1, 0.15) is 33.9 Å². The van der Waals surface area contributed by atoms with E-state index in [0.717, 1.165) is 38.2 Å². The number of amides is 1. The van der Waals surface area contributed by atoms with E-state index in [9.17, 15) is 4.79 Å². The van der Waals surface area contributed by atoms with Crippen LogP contribution in [-0.4, -0.2) is 46.9 Å². The van der Waals surface area contributed by atoms with Crippen LogP contribution in [0, 0.1) is 0 Å². The van der Waals surface area contributed by atoms with Crippen molar-refractivity contribution in [1.29, 1.82) is 0 Å². The van der Waals surface area contributed by atoms with Crippen LogP contribution in [-0.2, 0) is 6.54 Å². The maximum atomic E-state index is 11.2. The number of carbonyl (C=O) groups is 1. The summed E-state index contributed by atoms with van der Waals surface area (Å²) in [6, 6.07) is 16.3. The lowest BCUT2D eigenvalue weighted by atomic mass is 10.1. The Bertz CT molecular complexity index is 896. The summed E-state index contributed by atoms with van der Waals surface area (Å²) in [7, 11) is 0. The number of rotatable bonds is 5. The topological polar surface area (TPSA) is 62.5 Å². The van der Waals surface area contributed by atoms with Crippen molar-refractivity contribution in [3.05, 3.63) is 64.7 Å². The van der Waals surface area contributed by atoms with Crippen LogP contribution in [0.25, 0.3) is 10.2 Å². The minimum Gasteiger partial charge on any atom is -0.366 e. The molecule has 3 aromatic rings. The molecule has 0 aliphatic carbocycles. The fourth-order valence-corrected chi connectivity index (χ4v) is 4.62. The molecule has 0 radical (unpaired) electrons. The van der Waals surface area contributed by atoms with Crippen LogP contribution in [0.5, 0.6) is 0 Å². The lowest BCUT2D eigenvalue weighted by Gasteiger charge is -2.37. The van der Waals surface area contributed by atoms with Crippen molar-refractivity contribution in [3.8, 4) is 0 Å². The third-order valence-electron chi connectivity index (χ3n) is 5.27. The van der Waals surface area contributed by atoms with Gasteiger partial charge >= 0.3 is 0 Å². The lowest BCUT2D eigenvalue weighted by Crippen LogP contribution is -2.46. The van der Waals surface area contributed by atoms with Gasteiger partial charge in [0.1, 0.15) is 5.01 Å². The molecular formula is C21H24N4OS. The van der Waals surface area contributed by atoms with Gasteiger partial charge < -0.3 is 5.73 Å². The molecule has 140 valence electrons. The number of aromatic nitrogens is 1. The van der Waals surface area contributed by atoms with Gasteiger partial charge in [0.15, 0.2) is 0 Å². The molecule has 2 aromatic carbocycles. The minimum atomic E-state index is -0.376. The second kappa shape index (κ2) is 7.76. The van der Waals surface area contributed by atoms with Gasteiger partial charge in [-0.05, 0) is 36.8 Å². The zero-order valence-electron chi connectivity index (χ0n) is 15.5. The first-order valence-electron chi connectivity index (χ1n) is 9.31. The monoisotopic (exact) mass is 380 g/mol. The van der Waals surface area contributed by atoms with Crippen molar-refractivity contribution in [3.63, 3.8) is 0 Å². The van der Waals surface area contributed by atoms with Gasteiger partial charge in [-0.2, -0.15) is 0 Å². The van der Waals surface area contributed by atoms with E-state index in [-0.39, 0.29) is 5.91 Å². The number of para-hydroxylation sites is 1. The standard InChI is InChI=1S/C21H24N4OS/c1-15(21-23-18-4-2-3-5-19(18)27-21)25-12-10-24(11-13-25)14-16-6-8-17(9-7-16)20(22)26/h2-9,15H,10-14H2,1H3,(H2,22,26)/t15-/m0/s1. The molecule has 5 nitrogen and oxygen atoms in total. The highest BCUT2D eigenvalue weighted by Gasteiger charge is 2.24. The Morgan fingerprint density at radius 2 is 1.81 bits per heavy atom. The van der Waals surface area contributed by atoms with Crippen molar-refractivity contribution in [2.45, 2.75) is 19.5 Å². The summed E-state index contributed by atoms with van der Waals surface area (Å²) >= 11 is 1.80. The van der Waals surface area contributed by atoms with Gasteiger partial charge in [0.25, 0.3) is 0 Å². The number of nitrogens with two attached hydrogens (primary N) is 1. The van der Waals surface area contributed by atoms with Gasteiger partial charge in [0, 0.05) is 38.3 Å². The molecule has 1 aliphatic heterocycles. The Kier molecular flexibility index (Phi) is 5.20. The second-order valence-electron chi connectivity index (χ2n) is 7.07. The number of nitrogens with zero attached hydrogens (tertiary/aromatic N) is 3. The first-order chi connectivity index (χ1) is 13.1. The summed E-state index contributed by atoms with van der Waals surface area (Å²) < 4.78 is 1.26. The summed E-state index contributed by atoms with van der Waals surface area (Å²) in [5, 5.41) is 1.20. The highest BCUT2D eigenvalue weighted by Crippen LogP contribution is 2.30. The summed E-state index contributed by atoms with van der Waals surface area (Å²) in [6.07, 6.45) is 0. The van der Waals surface area contributed by atoms with Gasteiger partial charge in [-0.25, -0.2) is 4.98 Å². The van der Waals surface area contributed by atoms with E-state index in [0.29, 0.717) is 11.6 Å². The average molecular weight is 381 g/mol. The largest absolute Gasteiger partial charge is 0.366 e. The Labute approximate surface area is 163 Å². The summed E-state index contributed by atoms with van der Waals surface area (Å²) in [4.78, 5) is 21.0. The molecule has 1 aliphatic rings. The highest BCUT2D eigenvalue weighted by molar-refractivity contribution is 7.18. The predicted octanol–water partition coefficient (Wildman–Crippen LogP) is 3.27. The Morgan fingerprint density at radius 3 is 2.48 bits per heavy atom. The maximum Gasteiger partial charge on any atom is 0.248 e. The summed E-state index contributed by atoms with van der Waals surface area (Å²) in [5.74, 6) is -0.376. The zero-order chi connectivity index (χ0) is 18.8. The Morgan fingerprint density at radius 1 is 1.11 bits per heavy atom. The first-order valence-corrected chi connectivity index (χ1v) is 10.1. The molecule has 1 atom stereocenters. The SMILES string of the molecule is C[C@@H](c1nc2ccccc2s1)N1CCN(Cc2ccc(C(N)=O)cc2)CC1. The van der Waals surface area contributed by atoms with Crippen LogP contribution in [0.2, 0.25) is 0 Å². The second-order valence-corrected chi connectivity index (χ2v) is 8.13. The van der Waals surface area contributed by atoms with E-state index in [2.05, 4.69) is 34.9 Å². The molecule has 0 saturated carbocycles. The molecule has 27 heavy (non-hydrogen) atoms. The number of piperazine rings is 1. The number of fused-ring (bicyclic) bond motifs is 1. The summed E-state index contributed by atoms with van der Waals surface area (Å²) in [5.41, 5.74) is 8.18. The number of hydrogen-bond donors (Lipinski definition) is 1. The maximum absolute atomic E-state index is 11.2. The Hall–Kier alpha value is -2.28. The third-order valence-corrected chi connectivity index (χ3v) is 6.47. The molecule has 1 amide bonds. The molecular weight excluding hydrogens is 356 g/mol. The summed E-state index contributed by atoms with van der Waals surface area (Å²) in [6.45, 7) is 7.31. The van der Waals surface area contributed by atoms with E-state index < -0.39 is 0 Å². The van der Waals surface area contributed by atoms with E-state index in [1.54, 1.807) is 11.3 Å². The number of benzene rings is 2. The van der Waals surface area contributed by atoms with Crippen molar-refractivity contribution < 1.29 is 4.79 Å². The molecule has 2 N–H and O–H groups in total. The molecule has 0 bridgehead atoms. The lowest BCUT2D eigenvalue weighted by molar-refractivity contribution is 0.0977. The first kappa shape index (κ1) is 18.1. The van der Waals surface area contributed by atoms with Crippen LogP contribution in [0.4, 0.5) is 0 Å². The molecule has 1 saturated heterocycles. The van der Waals surface area contributed by atoms with Crippen LogP contribution in [0.3, 0.4) is 0 Å². The number of thiazole rings is 1. The van der Waals surface area contributed by atoms with E-state index >= 15 is 0 Å². The van der Waals surface area contributed by atoms with Crippen LogP contribution in [0.15, 0.2) is 48.5 Å². The third kappa shape index (κ3) is 4.03. The number of primary amides is 1. The molecule has 4 rings (SSSR count). The number of carbonyl (C=O) groups excluding carboxylic acids is 1. The van der Waals surface area contributed by atoms with Gasteiger partial charge in [-0.1, -0.05) is 24.3 Å². The normalized spacial score (nSPS) is 17.2. The van der Waals surface area contributed by atoms with Crippen molar-refractivity contribution in [2.24, 2.45) is 5.73 Å². The average Bonchev–Trinajstić information content (AvgIpc) is 3.13.